The number of ether oxygens (including phenoxy) is 3. The summed E-state index contributed by atoms with van der Waals surface area (Å²) in [5, 5.41) is 0. The highest BCUT2D eigenvalue weighted by molar-refractivity contribution is 6.15. The second-order valence-corrected chi connectivity index (χ2v) is 10.2. The molecule has 218 valence electrons. The topological polar surface area (TPSA) is 100 Å². The van der Waals surface area contributed by atoms with E-state index in [-0.39, 0.29) is 0 Å². The molecule has 1 saturated heterocycles. The van der Waals surface area contributed by atoms with Crippen LogP contribution in [-0.4, -0.2) is 30.3 Å². The maximum atomic E-state index is 13.1. The van der Waals surface area contributed by atoms with Gasteiger partial charge in [0, 0.05) is 19.4 Å². The Kier molecular flexibility index (Phi) is 10.2. The van der Waals surface area contributed by atoms with E-state index in [2.05, 4.69) is 12.4 Å². The summed E-state index contributed by atoms with van der Waals surface area (Å²) < 4.78 is 15.8. The first-order valence-electron chi connectivity index (χ1n) is 14.0. The van der Waals surface area contributed by atoms with Gasteiger partial charge in [-0.2, -0.15) is 0 Å². The zero-order chi connectivity index (χ0) is 30.0. The van der Waals surface area contributed by atoms with Crippen LogP contribution in [0, 0.1) is 0 Å². The number of rotatable bonds is 12. The minimum Gasteiger partial charge on any atom is -0.494 e. The molecule has 42 heavy (non-hydrogen) atoms. The molecule has 1 aliphatic heterocycles. The van der Waals surface area contributed by atoms with Crippen LogP contribution in [0.3, 0.4) is 0 Å². The van der Waals surface area contributed by atoms with Crippen molar-refractivity contribution in [1.29, 1.82) is 0 Å². The van der Waals surface area contributed by atoms with Crippen molar-refractivity contribution < 1.29 is 33.4 Å². The molecule has 3 aromatic carbocycles. The normalized spacial score (nSPS) is 14.5. The molecule has 0 aliphatic carbocycles. The minimum absolute atomic E-state index is 0.403. The van der Waals surface area contributed by atoms with Crippen molar-refractivity contribution in [1.82, 2.24) is 5.48 Å². The third-order valence-corrected chi connectivity index (χ3v) is 6.47. The highest BCUT2D eigenvalue weighted by atomic mass is 16.7. The number of unbranched alkanes of at least 4 members (excludes halogenated alkanes) is 1. The maximum absolute atomic E-state index is 13.1. The van der Waals surface area contributed by atoms with Gasteiger partial charge in [0.1, 0.15) is 5.75 Å². The largest absolute Gasteiger partial charge is 0.494 e. The number of hydrogen-bond donors (Lipinski definition) is 1. The Bertz CT molecular complexity index is 1420. The zero-order valence-electron chi connectivity index (χ0n) is 24.1. The molecule has 0 unspecified atom stereocenters. The van der Waals surface area contributed by atoms with E-state index in [9.17, 15) is 14.4 Å². The lowest BCUT2D eigenvalue weighted by Crippen LogP contribution is -2.42. The molecule has 0 aromatic heterocycles. The average Bonchev–Trinajstić information content (AvgIpc) is 2.97. The Morgan fingerprint density at radius 3 is 2.12 bits per heavy atom. The molecule has 0 spiro atoms. The van der Waals surface area contributed by atoms with Gasteiger partial charge in [-0.3, -0.25) is 0 Å². The summed E-state index contributed by atoms with van der Waals surface area (Å²) in [4.78, 5) is 42.5. The predicted octanol–water partition coefficient (Wildman–Crippen LogP) is 6.32. The Morgan fingerprint density at radius 1 is 0.881 bits per heavy atom. The maximum Gasteiger partial charge on any atom is 0.358 e. The molecule has 1 N–H and O–H groups in total. The number of hydrogen-bond acceptors (Lipinski definition) is 8. The third-order valence-electron chi connectivity index (χ3n) is 6.47. The van der Waals surface area contributed by atoms with E-state index in [0.29, 0.717) is 25.0 Å². The van der Waals surface area contributed by atoms with Crippen molar-refractivity contribution in [2.24, 2.45) is 0 Å². The number of carbonyl (C=O) groups excluding carboxylic acids is 3. The van der Waals surface area contributed by atoms with Gasteiger partial charge in [0.2, 0.25) is 0 Å². The fourth-order valence-corrected chi connectivity index (χ4v) is 4.19. The summed E-state index contributed by atoms with van der Waals surface area (Å²) in [6, 6.07) is 25.6. The van der Waals surface area contributed by atoms with Crippen molar-refractivity contribution in [2.45, 2.75) is 52.2 Å². The summed E-state index contributed by atoms with van der Waals surface area (Å²) in [6.07, 6.45) is 5.85. The first kappa shape index (κ1) is 30.1. The van der Waals surface area contributed by atoms with E-state index in [1.165, 1.54) is 13.8 Å². The Morgan fingerprint density at radius 2 is 1.50 bits per heavy atom. The highest BCUT2D eigenvalue weighted by Crippen LogP contribution is 2.25. The van der Waals surface area contributed by atoms with Crippen LogP contribution in [0.2, 0.25) is 0 Å². The quantitative estimate of drug-likeness (QED) is 0.0890. The summed E-state index contributed by atoms with van der Waals surface area (Å²) in [6.45, 7) is 5.73. The lowest BCUT2D eigenvalue weighted by atomic mass is 10.0. The number of esters is 2. The van der Waals surface area contributed by atoms with Crippen molar-refractivity contribution in [3.05, 3.63) is 107 Å². The van der Waals surface area contributed by atoms with Crippen LogP contribution >= 0.6 is 0 Å². The van der Waals surface area contributed by atoms with Gasteiger partial charge in [-0.1, -0.05) is 80.1 Å². The van der Waals surface area contributed by atoms with Gasteiger partial charge in [0.25, 0.3) is 5.79 Å². The molecule has 1 aliphatic rings. The Balaban J connectivity index is 1.46. The fraction of sp³-hybridized carbons (Fsp3) is 0.265. The van der Waals surface area contributed by atoms with E-state index >= 15 is 0 Å². The molecule has 0 atom stereocenters. The number of nitrogens with one attached hydrogen (secondary N) is 1. The van der Waals surface area contributed by atoms with Gasteiger partial charge in [-0.05, 0) is 59.7 Å². The van der Waals surface area contributed by atoms with E-state index < -0.39 is 29.3 Å². The third kappa shape index (κ3) is 8.57. The van der Waals surface area contributed by atoms with E-state index in [0.717, 1.165) is 47.0 Å². The summed E-state index contributed by atoms with van der Waals surface area (Å²) in [5.74, 6) is -2.92. The molecular weight excluding hydrogens is 534 g/mol. The Hall–Kier alpha value is -4.85. The summed E-state index contributed by atoms with van der Waals surface area (Å²) >= 11 is 0. The molecule has 1 heterocycles. The van der Waals surface area contributed by atoms with Gasteiger partial charge in [0.05, 0.1) is 12.8 Å². The van der Waals surface area contributed by atoms with Crippen LogP contribution < -0.4 is 10.2 Å². The van der Waals surface area contributed by atoms with Crippen LogP contribution in [0.1, 0.15) is 51.2 Å². The van der Waals surface area contributed by atoms with Gasteiger partial charge in [-0.25, -0.2) is 19.9 Å². The number of aryl methyl sites for hydroxylation is 1. The van der Waals surface area contributed by atoms with Gasteiger partial charge < -0.3 is 19.0 Å². The molecule has 0 radical (unpaired) electrons. The molecule has 1 fully saturated rings. The van der Waals surface area contributed by atoms with E-state index in [1.807, 2.05) is 78.9 Å². The zero-order valence-corrected chi connectivity index (χ0v) is 24.1. The van der Waals surface area contributed by atoms with Crippen molar-refractivity contribution >= 4 is 24.0 Å². The second-order valence-electron chi connectivity index (χ2n) is 10.2. The summed E-state index contributed by atoms with van der Waals surface area (Å²) in [7, 11) is 0. The first-order chi connectivity index (χ1) is 20.2. The van der Waals surface area contributed by atoms with Crippen molar-refractivity contribution in [2.75, 3.05) is 6.61 Å². The highest BCUT2D eigenvalue weighted by Gasteiger charge is 2.39. The lowest BCUT2D eigenvalue weighted by Gasteiger charge is -2.29. The predicted molar refractivity (Wildman–Crippen MR) is 159 cm³/mol. The number of hydroxylamine groups is 1. The summed E-state index contributed by atoms with van der Waals surface area (Å²) in [5.41, 5.74) is 6.26. The molecule has 8 nitrogen and oxygen atoms in total. The smallest absolute Gasteiger partial charge is 0.358 e. The van der Waals surface area contributed by atoms with Crippen LogP contribution in [-0.2, 0) is 35.1 Å². The van der Waals surface area contributed by atoms with E-state index in [4.69, 9.17) is 19.0 Å². The molecule has 0 amide bonds. The van der Waals surface area contributed by atoms with E-state index in [1.54, 1.807) is 6.08 Å². The second kappa shape index (κ2) is 14.2. The van der Waals surface area contributed by atoms with Gasteiger partial charge in [0.15, 0.2) is 5.57 Å². The molecule has 0 bridgehead atoms. The van der Waals surface area contributed by atoms with Crippen LogP contribution in [0.25, 0.3) is 17.2 Å². The fourth-order valence-electron chi connectivity index (χ4n) is 4.19. The number of cyclic esters (lactones) is 2. The molecular formula is C34H35NO7. The first-order valence-corrected chi connectivity index (χ1v) is 14.0. The van der Waals surface area contributed by atoms with Crippen LogP contribution in [0.4, 0.5) is 0 Å². The van der Waals surface area contributed by atoms with Crippen LogP contribution in [0.15, 0.2) is 96.2 Å². The molecule has 8 heteroatoms. The van der Waals surface area contributed by atoms with Gasteiger partial charge in [-0.15, -0.1) is 0 Å². The minimum atomic E-state index is -1.36. The standard InChI is InChI=1S/C34H35NO7/c1-4-5-21-39-29-19-17-27(18-20-29)26-14-12-25(13-15-26)22-28(16-11-24-9-7-6-8-10-24)31(36)42-35-23-30-32(37)40-34(2,3)41-33(30)38/h6-10,12-15,17-20,22-23,35H,4-5,11,16,21H2,1-3H3. The van der Waals surface area contributed by atoms with Crippen LogP contribution in [0.5, 0.6) is 5.75 Å². The molecule has 0 saturated carbocycles. The molecule has 4 rings (SSSR count). The van der Waals surface area contributed by atoms with Gasteiger partial charge >= 0.3 is 17.9 Å². The number of benzene rings is 3. The molecule has 3 aromatic rings. The number of carbonyl (C=O) groups is 3. The van der Waals surface area contributed by atoms with Crippen molar-refractivity contribution in [3.63, 3.8) is 0 Å². The monoisotopic (exact) mass is 569 g/mol. The lowest BCUT2D eigenvalue weighted by molar-refractivity contribution is -0.222. The Labute approximate surface area is 245 Å². The average molecular weight is 570 g/mol. The SMILES string of the molecule is CCCCOc1ccc(-c2ccc(C=C(CCc3ccccc3)C(=O)ONC=C3C(=O)OC(C)(C)OC3=O)cc2)cc1. The van der Waals surface area contributed by atoms with Crippen molar-refractivity contribution in [3.8, 4) is 16.9 Å².